The van der Waals surface area contributed by atoms with Crippen LogP contribution in [0, 0.1) is 0 Å². The maximum atomic E-state index is 6.52. The number of benzene rings is 8. The molecule has 54 heavy (non-hydrogen) atoms. The van der Waals surface area contributed by atoms with Crippen molar-refractivity contribution in [1.82, 2.24) is 4.57 Å². The van der Waals surface area contributed by atoms with Crippen molar-refractivity contribution in [2.75, 3.05) is 0 Å². The Hall–Kier alpha value is -6.42. The average molecular weight is 708 g/mol. The number of thiophene rings is 1. The van der Waals surface area contributed by atoms with Crippen LogP contribution >= 0.6 is 11.3 Å². The predicted octanol–water partition coefficient (Wildman–Crippen LogP) is 14.7. The Bertz CT molecular complexity index is 3350. The van der Waals surface area contributed by atoms with Gasteiger partial charge in [0.05, 0.1) is 11.0 Å². The van der Waals surface area contributed by atoms with Crippen molar-refractivity contribution >= 4 is 75.3 Å². The highest BCUT2D eigenvalue weighted by Gasteiger charge is 2.36. The molecule has 0 N–H and O–H groups in total. The van der Waals surface area contributed by atoms with Crippen LogP contribution in [-0.2, 0) is 5.41 Å². The molecule has 0 aliphatic heterocycles. The van der Waals surface area contributed by atoms with Gasteiger partial charge in [-0.15, -0.1) is 11.3 Å². The fourth-order valence-electron chi connectivity index (χ4n) is 9.40. The lowest BCUT2D eigenvalue weighted by Crippen LogP contribution is -2.14. The Labute approximate surface area is 316 Å². The topological polar surface area (TPSA) is 18.1 Å². The molecule has 2 nitrogen and oxygen atoms in total. The van der Waals surface area contributed by atoms with Crippen LogP contribution in [0.15, 0.2) is 168 Å². The molecule has 1 aliphatic carbocycles. The SMILES string of the molecule is CC1(C)c2ccccc2-c2cc3c4cc(-c5cccc6c5oc5ccccc56)ccc4n(-c4ccc(-c5cccc6c5sc5ccccc56)cc4)c3cc21. The second kappa shape index (κ2) is 10.8. The smallest absolute Gasteiger partial charge is 0.143 e. The van der Waals surface area contributed by atoms with Gasteiger partial charge in [-0.25, -0.2) is 0 Å². The summed E-state index contributed by atoms with van der Waals surface area (Å²) in [7, 11) is 0. The Morgan fingerprint density at radius 3 is 2.04 bits per heavy atom. The van der Waals surface area contributed by atoms with Gasteiger partial charge < -0.3 is 8.98 Å². The van der Waals surface area contributed by atoms with Gasteiger partial charge in [-0.3, -0.25) is 0 Å². The molecule has 0 fully saturated rings. The fraction of sp³-hybridized carbons (Fsp3) is 0.0588. The van der Waals surface area contributed by atoms with E-state index in [1.807, 2.05) is 17.4 Å². The van der Waals surface area contributed by atoms with E-state index in [2.05, 4.69) is 176 Å². The monoisotopic (exact) mass is 707 g/mol. The van der Waals surface area contributed by atoms with Gasteiger partial charge in [0.25, 0.3) is 0 Å². The Kier molecular flexibility index (Phi) is 6.03. The minimum atomic E-state index is -0.101. The lowest BCUT2D eigenvalue weighted by atomic mass is 9.82. The number of hydrogen-bond donors (Lipinski definition) is 0. The first kappa shape index (κ1) is 30.1. The number of fused-ring (bicyclic) bond motifs is 12. The Morgan fingerprint density at radius 1 is 0.463 bits per heavy atom. The maximum Gasteiger partial charge on any atom is 0.143 e. The highest BCUT2D eigenvalue weighted by Crippen LogP contribution is 2.51. The molecule has 0 atom stereocenters. The molecule has 0 unspecified atom stereocenters. The fourth-order valence-corrected chi connectivity index (χ4v) is 10.6. The van der Waals surface area contributed by atoms with Gasteiger partial charge in [0.2, 0.25) is 0 Å². The van der Waals surface area contributed by atoms with E-state index in [0.717, 1.165) is 38.8 Å². The van der Waals surface area contributed by atoms with Crippen LogP contribution in [0.4, 0.5) is 0 Å². The lowest BCUT2D eigenvalue weighted by molar-refractivity contribution is 0.661. The van der Waals surface area contributed by atoms with Gasteiger partial charge >= 0.3 is 0 Å². The first-order valence-corrected chi connectivity index (χ1v) is 19.5. The third-order valence-electron chi connectivity index (χ3n) is 12.0. The van der Waals surface area contributed by atoms with Crippen LogP contribution in [0.1, 0.15) is 25.0 Å². The van der Waals surface area contributed by atoms with Crippen molar-refractivity contribution in [2.24, 2.45) is 0 Å². The summed E-state index contributed by atoms with van der Waals surface area (Å²) in [6.45, 7) is 4.73. The number of nitrogens with zero attached hydrogens (tertiary/aromatic N) is 1. The summed E-state index contributed by atoms with van der Waals surface area (Å²) in [5.74, 6) is 0. The first-order valence-electron chi connectivity index (χ1n) is 18.7. The predicted molar refractivity (Wildman–Crippen MR) is 229 cm³/mol. The summed E-state index contributed by atoms with van der Waals surface area (Å²) < 4.78 is 11.7. The van der Waals surface area contributed by atoms with E-state index in [-0.39, 0.29) is 5.41 Å². The van der Waals surface area contributed by atoms with Crippen molar-refractivity contribution in [3.8, 4) is 39.1 Å². The summed E-state index contributed by atoms with van der Waals surface area (Å²) in [4.78, 5) is 0. The van der Waals surface area contributed by atoms with Crippen LogP contribution in [0.25, 0.3) is 103 Å². The number of furan rings is 1. The van der Waals surface area contributed by atoms with Crippen molar-refractivity contribution in [3.63, 3.8) is 0 Å². The summed E-state index contributed by atoms with van der Waals surface area (Å²) in [5.41, 5.74) is 15.5. The molecule has 1 aliphatic rings. The highest BCUT2D eigenvalue weighted by molar-refractivity contribution is 7.26. The van der Waals surface area contributed by atoms with E-state index in [4.69, 9.17) is 4.42 Å². The molecule has 0 saturated carbocycles. The average Bonchev–Trinajstić information content (AvgIpc) is 3.94. The standard InChI is InChI=1S/C51H33NOS/c1-51(2)43-18-6-3-11-35(43)40-28-42-41-27-31(33-14-9-16-38-36-12-4-7-19-47(36)53-49(33)38)23-26-45(41)52(46(42)29-44(40)51)32-24-21-30(22-25-32)34-15-10-17-39-37-13-5-8-20-48(37)54-50(34)39/h3-29H,1-2H3. The molecule has 0 amide bonds. The number of hydrogen-bond acceptors (Lipinski definition) is 2. The van der Waals surface area contributed by atoms with Crippen molar-refractivity contribution < 1.29 is 4.42 Å². The molecule has 0 spiro atoms. The highest BCUT2D eigenvalue weighted by atomic mass is 32.1. The van der Waals surface area contributed by atoms with Gasteiger partial charge in [0.1, 0.15) is 11.2 Å². The van der Waals surface area contributed by atoms with Gasteiger partial charge in [0.15, 0.2) is 0 Å². The minimum absolute atomic E-state index is 0.101. The summed E-state index contributed by atoms with van der Waals surface area (Å²) in [6.07, 6.45) is 0. The Balaban J connectivity index is 1.09. The quantitative estimate of drug-likeness (QED) is 0.179. The van der Waals surface area contributed by atoms with Crippen molar-refractivity contribution in [1.29, 1.82) is 0 Å². The van der Waals surface area contributed by atoms with Gasteiger partial charge in [-0.1, -0.05) is 129 Å². The molecule has 3 heteroatoms. The van der Waals surface area contributed by atoms with Gasteiger partial charge in [-0.2, -0.15) is 0 Å². The molecule has 8 aromatic carbocycles. The van der Waals surface area contributed by atoms with E-state index in [0.29, 0.717) is 0 Å². The van der Waals surface area contributed by atoms with Crippen molar-refractivity contribution in [2.45, 2.75) is 19.3 Å². The van der Waals surface area contributed by atoms with Crippen LogP contribution in [0.5, 0.6) is 0 Å². The largest absolute Gasteiger partial charge is 0.455 e. The van der Waals surface area contributed by atoms with Crippen LogP contribution in [-0.4, -0.2) is 4.57 Å². The van der Waals surface area contributed by atoms with E-state index in [1.54, 1.807) is 0 Å². The molecule has 12 rings (SSSR count). The third kappa shape index (κ3) is 4.05. The molecular formula is C51H33NOS. The second-order valence-corrected chi connectivity index (χ2v) is 16.3. The molecule has 11 aromatic rings. The lowest BCUT2D eigenvalue weighted by Gasteiger charge is -2.21. The minimum Gasteiger partial charge on any atom is -0.455 e. The van der Waals surface area contributed by atoms with Crippen molar-refractivity contribution in [3.05, 3.63) is 175 Å². The normalized spacial score (nSPS) is 13.5. The van der Waals surface area contributed by atoms with Gasteiger partial charge in [-0.05, 0) is 87.5 Å². The van der Waals surface area contributed by atoms with Crippen LogP contribution < -0.4 is 0 Å². The molecule has 254 valence electrons. The summed E-state index contributed by atoms with van der Waals surface area (Å²) >= 11 is 1.88. The van der Waals surface area contributed by atoms with Crippen LogP contribution in [0.2, 0.25) is 0 Å². The number of rotatable bonds is 3. The first-order chi connectivity index (χ1) is 26.5. The van der Waals surface area contributed by atoms with E-state index >= 15 is 0 Å². The summed E-state index contributed by atoms with van der Waals surface area (Å²) in [6, 6.07) is 60.3. The molecule has 3 heterocycles. The number of para-hydroxylation sites is 2. The zero-order valence-corrected chi connectivity index (χ0v) is 30.7. The third-order valence-corrected chi connectivity index (χ3v) is 13.2. The second-order valence-electron chi connectivity index (χ2n) is 15.3. The van der Waals surface area contributed by atoms with E-state index < -0.39 is 0 Å². The van der Waals surface area contributed by atoms with Gasteiger partial charge in [0, 0.05) is 58.4 Å². The zero-order valence-electron chi connectivity index (χ0n) is 29.9. The maximum absolute atomic E-state index is 6.52. The molecule has 3 aromatic heterocycles. The number of aromatic nitrogens is 1. The summed E-state index contributed by atoms with van der Waals surface area (Å²) in [5, 5.41) is 7.44. The molecular weight excluding hydrogens is 675 g/mol. The molecule has 0 saturated heterocycles. The molecule has 0 bridgehead atoms. The van der Waals surface area contributed by atoms with E-state index in [1.165, 1.54) is 75.4 Å². The van der Waals surface area contributed by atoms with E-state index in [9.17, 15) is 0 Å². The zero-order chi connectivity index (χ0) is 35.7. The Morgan fingerprint density at radius 2 is 1.15 bits per heavy atom. The van der Waals surface area contributed by atoms with Crippen LogP contribution in [0.3, 0.4) is 0 Å². The molecule has 0 radical (unpaired) electrons.